The van der Waals surface area contributed by atoms with Crippen LogP contribution in [0.2, 0.25) is 0 Å². The zero-order valence-electron chi connectivity index (χ0n) is 20.4. The number of fused-ring (bicyclic) bond motifs is 1. The van der Waals surface area contributed by atoms with Crippen molar-refractivity contribution in [2.24, 2.45) is 0 Å². The van der Waals surface area contributed by atoms with Gasteiger partial charge in [-0.15, -0.1) is 0 Å². The number of aliphatic hydroxyl groups is 1. The van der Waals surface area contributed by atoms with E-state index >= 15 is 0 Å². The number of hydrogen-bond acceptors (Lipinski definition) is 7. The smallest absolute Gasteiger partial charge is 0.295 e. The number of amides is 1. The van der Waals surface area contributed by atoms with Crippen molar-refractivity contribution < 1.29 is 33.6 Å². The number of rotatable bonds is 8. The van der Waals surface area contributed by atoms with Gasteiger partial charge in [0.05, 0.1) is 18.2 Å². The van der Waals surface area contributed by atoms with Crippen molar-refractivity contribution >= 4 is 17.4 Å². The molecule has 1 unspecified atom stereocenters. The first-order valence-electron chi connectivity index (χ1n) is 12.0. The predicted octanol–water partition coefficient (Wildman–Crippen LogP) is 4.10. The van der Waals surface area contributed by atoms with E-state index in [0.717, 1.165) is 5.56 Å². The molecule has 0 bridgehead atoms. The van der Waals surface area contributed by atoms with E-state index in [2.05, 4.69) is 0 Å². The van der Waals surface area contributed by atoms with Gasteiger partial charge in [-0.1, -0.05) is 42.5 Å². The van der Waals surface area contributed by atoms with E-state index in [-0.39, 0.29) is 24.5 Å². The lowest BCUT2D eigenvalue weighted by Gasteiger charge is -2.25. The zero-order valence-corrected chi connectivity index (χ0v) is 20.4. The van der Waals surface area contributed by atoms with Gasteiger partial charge >= 0.3 is 0 Å². The second kappa shape index (κ2) is 10.8. The molecule has 190 valence electrons. The molecule has 1 atom stereocenters. The van der Waals surface area contributed by atoms with E-state index in [1.807, 2.05) is 30.3 Å². The summed E-state index contributed by atoms with van der Waals surface area (Å²) >= 11 is 0. The van der Waals surface area contributed by atoms with E-state index in [1.165, 1.54) is 12.0 Å². The topological polar surface area (TPSA) is 94.5 Å². The van der Waals surface area contributed by atoms with Gasteiger partial charge in [0, 0.05) is 19.2 Å². The van der Waals surface area contributed by atoms with Crippen molar-refractivity contribution in [1.82, 2.24) is 4.90 Å². The number of hydrogen-bond donors (Lipinski definition) is 1. The van der Waals surface area contributed by atoms with Crippen molar-refractivity contribution in [3.8, 4) is 17.2 Å². The van der Waals surface area contributed by atoms with Crippen molar-refractivity contribution in [1.29, 1.82) is 0 Å². The maximum atomic E-state index is 13.2. The number of carbonyl (C=O) groups excluding carboxylic acids is 2. The quantitative estimate of drug-likeness (QED) is 0.282. The Bertz CT molecular complexity index is 1320. The molecular weight excluding hydrogens is 474 g/mol. The van der Waals surface area contributed by atoms with Crippen molar-refractivity contribution in [3.63, 3.8) is 0 Å². The monoisotopic (exact) mass is 501 g/mol. The highest BCUT2D eigenvalue weighted by molar-refractivity contribution is 6.46. The molecular formula is C29H27NO7. The largest absolute Gasteiger partial charge is 0.507 e. The zero-order chi connectivity index (χ0) is 25.8. The van der Waals surface area contributed by atoms with Crippen molar-refractivity contribution in [2.75, 3.05) is 33.5 Å². The molecule has 2 aliphatic rings. The summed E-state index contributed by atoms with van der Waals surface area (Å²) in [5.41, 5.74) is 2.08. The fourth-order valence-corrected chi connectivity index (χ4v) is 4.48. The van der Waals surface area contributed by atoms with Crippen LogP contribution in [0.3, 0.4) is 0 Å². The minimum Gasteiger partial charge on any atom is -0.507 e. The summed E-state index contributed by atoms with van der Waals surface area (Å²) in [6.07, 6.45) is 0. The first-order chi connectivity index (χ1) is 18.1. The SMILES string of the molecule is COCCN1C(=O)C(=O)/C(=C(/O)c2ccc3c(c2)OCCO3)C1c1ccc(OCc2ccccc2)cc1. The van der Waals surface area contributed by atoms with Crippen LogP contribution in [0.5, 0.6) is 17.2 Å². The molecule has 1 amide bonds. The molecule has 5 rings (SSSR count). The third kappa shape index (κ3) is 5.01. The van der Waals surface area contributed by atoms with Gasteiger partial charge in [0.25, 0.3) is 11.7 Å². The summed E-state index contributed by atoms with van der Waals surface area (Å²) in [5, 5.41) is 11.3. The molecule has 3 aromatic carbocycles. The average molecular weight is 502 g/mol. The average Bonchev–Trinajstić information content (AvgIpc) is 3.20. The second-order valence-electron chi connectivity index (χ2n) is 8.69. The fourth-order valence-electron chi connectivity index (χ4n) is 4.48. The summed E-state index contributed by atoms with van der Waals surface area (Å²) in [4.78, 5) is 27.6. The summed E-state index contributed by atoms with van der Waals surface area (Å²) < 4.78 is 22.2. The Morgan fingerprint density at radius 1 is 0.973 bits per heavy atom. The molecule has 2 aliphatic heterocycles. The van der Waals surface area contributed by atoms with Crippen LogP contribution in [-0.2, 0) is 20.9 Å². The van der Waals surface area contributed by atoms with Gasteiger partial charge in [-0.05, 0) is 41.5 Å². The van der Waals surface area contributed by atoms with E-state index in [4.69, 9.17) is 18.9 Å². The molecule has 1 N–H and O–H groups in total. The Labute approximate surface area is 214 Å². The molecule has 3 aromatic rings. The number of Topliss-reactive ketones (excluding diaryl/α,β-unsaturated/α-hetero) is 1. The second-order valence-corrected chi connectivity index (χ2v) is 8.69. The lowest BCUT2D eigenvalue weighted by atomic mass is 9.95. The van der Waals surface area contributed by atoms with Crippen LogP contribution in [0, 0.1) is 0 Å². The first-order valence-corrected chi connectivity index (χ1v) is 12.0. The first kappa shape index (κ1) is 24.4. The molecule has 2 heterocycles. The Balaban J connectivity index is 1.48. The Morgan fingerprint density at radius 2 is 1.70 bits per heavy atom. The number of benzene rings is 3. The molecule has 8 heteroatoms. The number of aliphatic hydroxyl groups excluding tert-OH is 1. The van der Waals surface area contributed by atoms with Crippen molar-refractivity contribution in [2.45, 2.75) is 12.6 Å². The minimum atomic E-state index is -0.786. The normalized spacial score (nSPS) is 18.2. The van der Waals surface area contributed by atoms with Crippen LogP contribution in [0.4, 0.5) is 0 Å². The number of methoxy groups -OCH3 is 1. The third-order valence-electron chi connectivity index (χ3n) is 6.34. The van der Waals surface area contributed by atoms with E-state index < -0.39 is 17.7 Å². The Kier molecular flexibility index (Phi) is 7.09. The summed E-state index contributed by atoms with van der Waals surface area (Å²) in [7, 11) is 1.53. The number of ether oxygens (including phenoxy) is 4. The van der Waals surface area contributed by atoms with Crippen LogP contribution < -0.4 is 14.2 Å². The predicted molar refractivity (Wildman–Crippen MR) is 136 cm³/mol. The summed E-state index contributed by atoms with van der Waals surface area (Å²) in [6, 6.07) is 21.1. The maximum absolute atomic E-state index is 13.2. The van der Waals surface area contributed by atoms with E-state index in [1.54, 1.807) is 42.5 Å². The molecule has 0 saturated carbocycles. The van der Waals surface area contributed by atoms with Gasteiger partial charge in [0.2, 0.25) is 0 Å². The van der Waals surface area contributed by atoms with Crippen LogP contribution in [0.15, 0.2) is 78.4 Å². The van der Waals surface area contributed by atoms with Crippen molar-refractivity contribution in [3.05, 3.63) is 95.1 Å². The maximum Gasteiger partial charge on any atom is 0.295 e. The van der Waals surface area contributed by atoms with E-state index in [9.17, 15) is 14.7 Å². The highest BCUT2D eigenvalue weighted by atomic mass is 16.6. The molecule has 8 nitrogen and oxygen atoms in total. The van der Waals surface area contributed by atoms with Gasteiger partial charge in [-0.2, -0.15) is 0 Å². The third-order valence-corrected chi connectivity index (χ3v) is 6.34. The van der Waals surface area contributed by atoms with Crippen LogP contribution in [0.25, 0.3) is 5.76 Å². The minimum absolute atomic E-state index is 0.00994. The molecule has 0 spiro atoms. The van der Waals surface area contributed by atoms with Gasteiger partial charge < -0.3 is 29.0 Å². The molecule has 37 heavy (non-hydrogen) atoms. The molecule has 0 radical (unpaired) electrons. The number of ketones is 1. The van der Waals surface area contributed by atoms with E-state index in [0.29, 0.717) is 48.2 Å². The highest BCUT2D eigenvalue weighted by Crippen LogP contribution is 2.41. The number of likely N-dealkylation sites (tertiary alicyclic amines) is 1. The summed E-state index contributed by atoms with van der Waals surface area (Å²) in [6.45, 7) is 1.67. The van der Waals surface area contributed by atoms with Crippen LogP contribution in [-0.4, -0.2) is 55.2 Å². The molecule has 1 fully saturated rings. The summed E-state index contributed by atoms with van der Waals surface area (Å²) in [5.74, 6) is -0.0345. The van der Waals surface area contributed by atoms with Gasteiger partial charge in [-0.3, -0.25) is 9.59 Å². The Hall–Kier alpha value is -4.30. The fraction of sp³-hybridized carbons (Fsp3) is 0.241. The Morgan fingerprint density at radius 3 is 2.43 bits per heavy atom. The highest BCUT2D eigenvalue weighted by Gasteiger charge is 2.46. The lowest BCUT2D eigenvalue weighted by Crippen LogP contribution is -2.32. The molecule has 0 aromatic heterocycles. The lowest BCUT2D eigenvalue weighted by molar-refractivity contribution is -0.140. The molecule has 0 aliphatic carbocycles. The van der Waals surface area contributed by atoms with Gasteiger partial charge in [0.1, 0.15) is 31.3 Å². The number of nitrogens with zero attached hydrogens (tertiary/aromatic N) is 1. The van der Waals surface area contributed by atoms with Crippen LogP contribution >= 0.6 is 0 Å². The standard InChI is InChI=1S/C29H27NO7/c1-34-14-13-30-26(20-7-10-22(11-8-20)37-18-19-5-3-2-4-6-19)25(28(32)29(30)33)27(31)21-9-12-23-24(17-21)36-16-15-35-23/h2-12,17,26,31H,13-16,18H2,1H3/b27-25+. The van der Waals surface area contributed by atoms with Gasteiger partial charge in [-0.25, -0.2) is 0 Å². The van der Waals surface area contributed by atoms with Crippen LogP contribution in [0.1, 0.15) is 22.7 Å². The van der Waals surface area contributed by atoms with Gasteiger partial charge in [0.15, 0.2) is 11.5 Å². The number of carbonyl (C=O) groups is 2. The molecule has 1 saturated heterocycles.